The third kappa shape index (κ3) is 2.21. The van der Waals surface area contributed by atoms with Crippen LogP contribution in [-0.2, 0) is 16.3 Å². The van der Waals surface area contributed by atoms with Crippen molar-refractivity contribution in [2.75, 3.05) is 12.0 Å². The first kappa shape index (κ1) is 10.1. The second-order valence-corrected chi connectivity index (χ2v) is 4.98. The first-order valence-electron chi connectivity index (χ1n) is 4.03. The van der Waals surface area contributed by atoms with E-state index < -0.39 is 9.84 Å². The van der Waals surface area contributed by atoms with Crippen molar-refractivity contribution >= 4 is 15.5 Å². The van der Waals surface area contributed by atoms with Gasteiger partial charge in [-0.2, -0.15) is 0 Å². The standard InChI is InChI=1S/C9H13NO2S/c1-3-7-4-5-8(10)9(6-7)13(2,11)12/h4-6H,3,10H2,1-2H3. The molecule has 1 aromatic rings. The van der Waals surface area contributed by atoms with E-state index >= 15 is 0 Å². The molecule has 0 atom stereocenters. The van der Waals surface area contributed by atoms with Crippen molar-refractivity contribution < 1.29 is 8.42 Å². The van der Waals surface area contributed by atoms with Crippen LogP contribution < -0.4 is 5.73 Å². The van der Waals surface area contributed by atoms with Crippen LogP contribution in [0.15, 0.2) is 23.1 Å². The molecule has 0 amide bonds. The molecule has 0 aliphatic carbocycles. The van der Waals surface area contributed by atoms with Crippen molar-refractivity contribution in [3.63, 3.8) is 0 Å². The summed E-state index contributed by atoms with van der Waals surface area (Å²) in [7, 11) is -3.19. The minimum Gasteiger partial charge on any atom is -0.398 e. The zero-order valence-electron chi connectivity index (χ0n) is 7.74. The average Bonchev–Trinajstić information content (AvgIpc) is 2.03. The molecule has 0 saturated heterocycles. The molecule has 0 unspecified atom stereocenters. The van der Waals surface area contributed by atoms with Gasteiger partial charge in [0.15, 0.2) is 9.84 Å². The lowest BCUT2D eigenvalue weighted by molar-refractivity contribution is 0.602. The highest BCUT2D eigenvalue weighted by Crippen LogP contribution is 2.19. The van der Waals surface area contributed by atoms with Crippen LogP contribution in [0.4, 0.5) is 5.69 Å². The number of benzene rings is 1. The van der Waals surface area contributed by atoms with E-state index in [1.165, 1.54) is 0 Å². The Hall–Kier alpha value is -1.03. The maximum atomic E-state index is 11.2. The number of hydrogen-bond acceptors (Lipinski definition) is 3. The molecule has 13 heavy (non-hydrogen) atoms. The van der Waals surface area contributed by atoms with Crippen LogP contribution in [0, 0.1) is 0 Å². The molecule has 0 spiro atoms. The Morgan fingerprint density at radius 2 is 2.00 bits per heavy atom. The Morgan fingerprint density at radius 1 is 1.38 bits per heavy atom. The van der Waals surface area contributed by atoms with Gasteiger partial charge in [-0.1, -0.05) is 13.0 Å². The zero-order valence-corrected chi connectivity index (χ0v) is 8.56. The van der Waals surface area contributed by atoms with Gasteiger partial charge in [-0.05, 0) is 24.1 Å². The molecule has 4 heteroatoms. The minimum absolute atomic E-state index is 0.229. The van der Waals surface area contributed by atoms with Gasteiger partial charge in [0.2, 0.25) is 0 Å². The quantitative estimate of drug-likeness (QED) is 0.729. The molecule has 0 bridgehead atoms. The number of aryl methyl sites for hydroxylation is 1. The molecule has 0 aliphatic heterocycles. The lowest BCUT2D eigenvalue weighted by atomic mass is 10.1. The normalized spacial score (nSPS) is 11.5. The molecular formula is C9H13NO2S. The van der Waals surface area contributed by atoms with Crippen LogP contribution in [0.2, 0.25) is 0 Å². The second-order valence-electron chi connectivity index (χ2n) is 3.00. The Morgan fingerprint density at radius 3 is 2.46 bits per heavy atom. The van der Waals surface area contributed by atoms with E-state index in [4.69, 9.17) is 5.73 Å². The van der Waals surface area contributed by atoms with E-state index in [1.54, 1.807) is 12.1 Å². The summed E-state index contributed by atoms with van der Waals surface area (Å²) in [4.78, 5) is 0.229. The fraction of sp³-hybridized carbons (Fsp3) is 0.333. The van der Waals surface area contributed by atoms with Crippen LogP contribution in [0.5, 0.6) is 0 Å². The molecule has 0 heterocycles. The lowest BCUT2D eigenvalue weighted by Crippen LogP contribution is -2.03. The number of hydrogen-bond donors (Lipinski definition) is 1. The monoisotopic (exact) mass is 199 g/mol. The first-order chi connectivity index (χ1) is 5.95. The fourth-order valence-corrected chi connectivity index (χ4v) is 1.98. The summed E-state index contributed by atoms with van der Waals surface area (Å²) in [5.41, 5.74) is 6.85. The summed E-state index contributed by atoms with van der Waals surface area (Å²) < 4.78 is 22.5. The smallest absolute Gasteiger partial charge is 0.177 e. The highest BCUT2D eigenvalue weighted by atomic mass is 32.2. The van der Waals surface area contributed by atoms with E-state index in [0.29, 0.717) is 5.69 Å². The summed E-state index contributed by atoms with van der Waals surface area (Å²) in [6.45, 7) is 1.97. The van der Waals surface area contributed by atoms with Crippen molar-refractivity contribution in [2.24, 2.45) is 0 Å². The van der Waals surface area contributed by atoms with E-state index in [2.05, 4.69) is 0 Å². The van der Waals surface area contributed by atoms with E-state index in [9.17, 15) is 8.42 Å². The van der Waals surface area contributed by atoms with Crippen LogP contribution >= 0.6 is 0 Å². The fourth-order valence-electron chi connectivity index (χ4n) is 1.12. The van der Waals surface area contributed by atoms with E-state index in [-0.39, 0.29) is 4.90 Å². The third-order valence-electron chi connectivity index (χ3n) is 1.89. The molecule has 0 aromatic heterocycles. The van der Waals surface area contributed by atoms with Gasteiger partial charge in [-0.15, -0.1) is 0 Å². The number of nitrogen functional groups attached to an aromatic ring is 1. The molecule has 72 valence electrons. The molecule has 1 aromatic carbocycles. The van der Waals surface area contributed by atoms with Gasteiger partial charge in [-0.3, -0.25) is 0 Å². The molecule has 1 rings (SSSR count). The first-order valence-corrected chi connectivity index (χ1v) is 5.92. The summed E-state index contributed by atoms with van der Waals surface area (Å²) in [5, 5.41) is 0. The van der Waals surface area contributed by atoms with Crippen molar-refractivity contribution in [2.45, 2.75) is 18.2 Å². The summed E-state index contributed by atoms with van der Waals surface area (Å²) in [6.07, 6.45) is 1.97. The van der Waals surface area contributed by atoms with E-state index in [1.807, 2.05) is 13.0 Å². The highest BCUT2D eigenvalue weighted by Gasteiger charge is 2.11. The molecule has 0 aliphatic rings. The van der Waals surface area contributed by atoms with Gasteiger partial charge in [0, 0.05) is 6.26 Å². The Kier molecular flexibility index (Phi) is 2.61. The van der Waals surface area contributed by atoms with Crippen LogP contribution in [0.3, 0.4) is 0 Å². The Bertz CT molecular complexity index is 410. The SMILES string of the molecule is CCc1ccc(N)c(S(C)(=O)=O)c1. The molecule has 0 saturated carbocycles. The van der Waals surface area contributed by atoms with Crippen LogP contribution in [0.25, 0.3) is 0 Å². The Balaban J connectivity index is 3.36. The van der Waals surface area contributed by atoms with Crippen molar-refractivity contribution in [1.82, 2.24) is 0 Å². The van der Waals surface area contributed by atoms with Gasteiger partial charge < -0.3 is 5.73 Å². The molecule has 0 radical (unpaired) electrons. The van der Waals surface area contributed by atoms with Gasteiger partial charge in [-0.25, -0.2) is 8.42 Å². The number of anilines is 1. The van der Waals surface area contributed by atoms with E-state index in [0.717, 1.165) is 18.2 Å². The van der Waals surface area contributed by atoms with Gasteiger partial charge in [0.25, 0.3) is 0 Å². The predicted octanol–water partition coefficient (Wildman–Crippen LogP) is 1.23. The number of sulfone groups is 1. The maximum absolute atomic E-state index is 11.2. The van der Waals surface area contributed by atoms with Crippen molar-refractivity contribution in [3.05, 3.63) is 23.8 Å². The average molecular weight is 199 g/mol. The minimum atomic E-state index is -3.19. The van der Waals surface area contributed by atoms with Crippen molar-refractivity contribution in [1.29, 1.82) is 0 Å². The number of rotatable bonds is 2. The van der Waals surface area contributed by atoms with Crippen LogP contribution in [-0.4, -0.2) is 14.7 Å². The zero-order chi connectivity index (χ0) is 10.1. The van der Waals surface area contributed by atoms with Crippen molar-refractivity contribution in [3.8, 4) is 0 Å². The molecule has 3 nitrogen and oxygen atoms in total. The molecule has 0 fully saturated rings. The Labute approximate surface area is 78.5 Å². The largest absolute Gasteiger partial charge is 0.398 e. The van der Waals surface area contributed by atoms with Gasteiger partial charge in [0.1, 0.15) is 0 Å². The summed E-state index contributed by atoms with van der Waals surface area (Å²) in [6, 6.07) is 5.10. The maximum Gasteiger partial charge on any atom is 0.177 e. The second kappa shape index (κ2) is 3.38. The molecule has 2 N–H and O–H groups in total. The van der Waals surface area contributed by atoms with Crippen LogP contribution in [0.1, 0.15) is 12.5 Å². The van der Waals surface area contributed by atoms with Gasteiger partial charge >= 0.3 is 0 Å². The summed E-state index contributed by atoms with van der Waals surface area (Å²) in [5.74, 6) is 0. The lowest BCUT2D eigenvalue weighted by Gasteiger charge is -2.04. The number of nitrogens with two attached hydrogens (primary N) is 1. The topological polar surface area (TPSA) is 60.2 Å². The molecular weight excluding hydrogens is 186 g/mol. The third-order valence-corrected chi connectivity index (χ3v) is 3.04. The predicted molar refractivity (Wildman–Crippen MR) is 53.3 cm³/mol. The highest BCUT2D eigenvalue weighted by molar-refractivity contribution is 7.90. The van der Waals surface area contributed by atoms with Gasteiger partial charge in [0.05, 0.1) is 10.6 Å². The summed E-state index contributed by atoms with van der Waals surface area (Å²) >= 11 is 0.